The second-order valence-corrected chi connectivity index (χ2v) is 4.95. The summed E-state index contributed by atoms with van der Waals surface area (Å²) < 4.78 is 5.15. The molecule has 0 heterocycles. The smallest absolute Gasteiger partial charge is 0.257 e. The molecule has 2 aromatic rings. The SMILES string of the molecule is COc1cc(C#N)ccc1NC(=O)c1cc(Cl)ccc1Cl. The molecule has 1 amide bonds. The van der Waals surface area contributed by atoms with Crippen LogP contribution in [-0.2, 0) is 0 Å². The Bertz CT molecular complexity index is 739. The molecule has 0 aliphatic carbocycles. The van der Waals surface area contributed by atoms with Crippen molar-refractivity contribution in [1.82, 2.24) is 0 Å². The van der Waals surface area contributed by atoms with E-state index < -0.39 is 5.91 Å². The van der Waals surface area contributed by atoms with E-state index in [4.69, 9.17) is 33.2 Å². The molecule has 2 rings (SSSR count). The number of hydrogen-bond acceptors (Lipinski definition) is 3. The van der Waals surface area contributed by atoms with Crippen LogP contribution in [0.25, 0.3) is 0 Å². The molecule has 0 bridgehead atoms. The Morgan fingerprint density at radius 1 is 1.24 bits per heavy atom. The molecule has 4 nitrogen and oxygen atoms in total. The maximum absolute atomic E-state index is 12.2. The van der Waals surface area contributed by atoms with E-state index in [0.717, 1.165) is 0 Å². The number of carbonyl (C=O) groups excluding carboxylic acids is 1. The van der Waals surface area contributed by atoms with Gasteiger partial charge in [0.25, 0.3) is 5.91 Å². The summed E-state index contributed by atoms with van der Waals surface area (Å²) in [6.45, 7) is 0. The van der Waals surface area contributed by atoms with Crippen molar-refractivity contribution in [1.29, 1.82) is 5.26 Å². The number of nitrogens with zero attached hydrogens (tertiary/aromatic N) is 1. The summed E-state index contributed by atoms with van der Waals surface area (Å²) in [6, 6.07) is 11.3. The average Bonchev–Trinajstić information content (AvgIpc) is 2.49. The van der Waals surface area contributed by atoms with Crippen LogP contribution in [0.15, 0.2) is 36.4 Å². The van der Waals surface area contributed by atoms with Crippen molar-refractivity contribution in [3.8, 4) is 11.8 Å². The van der Waals surface area contributed by atoms with E-state index in [9.17, 15) is 4.79 Å². The van der Waals surface area contributed by atoms with Crippen molar-refractivity contribution in [2.75, 3.05) is 12.4 Å². The fourth-order valence-corrected chi connectivity index (χ4v) is 2.10. The largest absolute Gasteiger partial charge is 0.495 e. The van der Waals surface area contributed by atoms with Crippen LogP contribution >= 0.6 is 23.2 Å². The number of ether oxygens (including phenoxy) is 1. The van der Waals surface area contributed by atoms with Crippen molar-refractivity contribution >= 4 is 34.8 Å². The topological polar surface area (TPSA) is 62.1 Å². The van der Waals surface area contributed by atoms with Gasteiger partial charge in [-0.2, -0.15) is 5.26 Å². The number of rotatable bonds is 3. The van der Waals surface area contributed by atoms with Gasteiger partial charge in [0.05, 0.1) is 35.0 Å². The van der Waals surface area contributed by atoms with Gasteiger partial charge in [-0.1, -0.05) is 23.2 Å². The lowest BCUT2D eigenvalue weighted by Crippen LogP contribution is -2.13. The van der Waals surface area contributed by atoms with Crippen LogP contribution in [0.2, 0.25) is 10.0 Å². The summed E-state index contributed by atoms with van der Waals surface area (Å²) in [5.74, 6) is -0.0222. The van der Waals surface area contributed by atoms with Crippen LogP contribution < -0.4 is 10.1 Å². The Kier molecular flexibility index (Phi) is 4.69. The maximum atomic E-state index is 12.2. The minimum atomic E-state index is -0.412. The van der Waals surface area contributed by atoms with Crippen LogP contribution in [0.4, 0.5) is 5.69 Å². The molecular weight excluding hydrogens is 311 g/mol. The second-order valence-electron chi connectivity index (χ2n) is 4.11. The van der Waals surface area contributed by atoms with Crippen molar-refractivity contribution in [2.24, 2.45) is 0 Å². The molecule has 106 valence electrons. The first-order chi connectivity index (χ1) is 10.0. The Balaban J connectivity index is 2.32. The molecule has 21 heavy (non-hydrogen) atoms. The highest BCUT2D eigenvalue weighted by atomic mass is 35.5. The fraction of sp³-hybridized carbons (Fsp3) is 0.0667. The number of anilines is 1. The van der Waals surface area contributed by atoms with Crippen molar-refractivity contribution < 1.29 is 9.53 Å². The third kappa shape index (κ3) is 3.46. The van der Waals surface area contributed by atoms with E-state index in [1.165, 1.54) is 19.2 Å². The van der Waals surface area contributed by atoms with Crippen molar-refractivity contribution in [2.45, 2.75) is 0 Å². The first-order valence-electron chi connectivity index (χ1n) is 5.89. The Morgan fingerprint density at radius 2 is 2.00 bits per heavy atom. The van der Waals surface area contributed by atoms with Gasteiger partial charge in [-0.25, -0.2) is 0 Å². The molecule has 0 atom stereocenters. The monoisotopic (exact) mass is 320 g/mol. The molecule has 0 fully saturated rings. The molecular formula is C15H10Cl2N2O2. The highest BCUT2D eigenvalue weighted by Crippen LogP contribution is 2.27. The quantitative estimate of drug-likeness (QED) is 0.925. The summed E-state index contributed by atoms with van der Waals surface area (Å²) in [7, 11) is 1.46. The fourth-order valence-electron chi connectivity index (χ4n) is 1.73. The van der Waals surface area contributed by atoms with Crippen LogP contribution in [-0.4, -0.2) is 13.0 Å². The van der Waals surface area contributed by atoms with E-state index in [-0.39, 0.29) is 5.56 Å². The Morgan fingerprint density at radius 3 is 2.67 bits per heavy atom. The van der Waals surface area contributed by atoms with Crippen LogP contribution in [0, 0.1) is 11.3 Å². The molecule has 0 unspecified atom stereocenters. The molecule has 0 spiro atoms. The van der Waals surface area contributed by atoms with Gasteiger partial charge in [0.15, 0.2) is 0 Å². The number of benzene rings is 2. The average molecular weight is 321 g/mol. The molecule has 0 saturated carbocycles. The minimum absolute atomic E-state index is 0.260. The molecule has 1 N–H and O–H groups in total. The van der Waals surface area contributed by atoms with Crippen molar-refractivity contribution in [3.05, 3.63) is 57.6 Å². The molecule has 0 saturated heterocycles. The number of nitrogens with one attached hydrogen (secondary N) is 1. The molecule has 0 aliphatic heterocycles. The first-order valence-corrected chi connectivity index (χ1v) is 6.65. The van der Waals surface area contributed by atoms with E-state index in [2.05, 4.69) is 5.32 Å². The van der Waals surface area contributed by atoms with Crippen LogP contribution in [0.3, 0.4) is 0 Å². The standard InChI is InChI=1S/C15H10Cl2N2O2/c1-21-14-6-9(8-18)2-5-13(14)19-15(20)11-7-10(16)3-4-12(11)17/h2-7H,1H3,(H,19,20). The number of amides is 1. The van der Waals surface area contributed by atoms with Gasteiger partial charge in [0.2, 0.25) is 0 Å². The summed E-state index contributed by atoms with van der Waals surface area (Å²) in [5.41, 5.74) is 1.14. The third-order valence-corrected chi connectivity index (χ3v) is 3.32. The van der Waals surface area contributed by atoms with Gasteiger partial charge in [0, 0.05) is 11.1 Å². The zero-order valence-corrected chi connectivity index (χ0v) is 12.5. The van der Waals surface area contributed by atoms with Crippen LogP contribution in [0.5, 0.6) is 5.75 Å². The van der Waals surface area contributed by atoms with E-state index in [0.29, 0.717) is 27.0 Å². The molecule has 0 aromatic heterocycles. The van der Waals surface area contributed by atoms with E-state index in [1.54, 1.807) is 24.3 Å². The zero-order valence-electron chi connectivity index (χ0n) is 11.0. The summed E-state index contributed by atoms with van der Waals surface area (Å²) in [4.78, 5) is 12.2. The van der Waals surface area contributed by atoms with Crippen molar-refractivity contribution in [3.63, 3.8) is 0 Å². The van der Waals surface area contributed by atoms with E-state index in [1.807, 2.05) is 6.07 Å². The van der Waals surface area contributed by atoms with Gasteiger partial charge in [0.1, 0.15) is 5.75 Å². The minimum Gasteiger partial charge on any atom is -0.495 e. The normalized spacial score (nSPS) is 9.81. The highest BCUT2D eigenvalue weighted by Gasteiger charge is 2.14. The van der Waals surface area contributed by atoms with E-state index >= 15 is 0 Å². The van der Waals surface area contributed by atoms with Crippen LogP contribution in [0.1, 0.15) is 15.9 Å². The molecule has 2 aromatic carbocycles. The molecule has 0 radical (unpaired) electrons. The summed E-state index contributed by atoms with van der Waals surface area (Å²) in [6.07, 6.45) is 0. The number of nitriles is 1. The number of carbonyl (C=O) groups is 1. The van der Waals surface area contributed by atoms with Gasteiger partial charge in [-0.15, -0.1) is 0 Å². The number of halogens is 2. The predicted octanol–water partition coefficient (Wildman–Crippen LogP) is 4.13. The number of hydrogen-bond donors (Lipinski definition) is 1. The predicted molar refractivity (Wildman–Crippen MR) is 82.1 cm³/mol. The van der Waals surface area contributed by atoms with Gasteiger partial charge >= 0.3 is 0 Å². The Labute approximate surface area is 131 Å². The lowest BCUT2D eigenvalue weighted by Gasteiger charge is -2.11. The van der Waals surface area contributed by atoms with Gasteiger partial charge < -0.3 is 10.1 Å². The maximum Gasteiger partial charge on any atom is 0.257 e. The second kappa shape index (κ2) is 6.49. The zero-order chi connectivity index (χ0) is 15.4. The number of methoxy groups -OCH3 is 1. The molecule has 6 heteroatoms. The first kappa shape index (κ1) is 15.2. The molecule has 0 aliphatic rings. The third-order valence-electron chi connectivity index (χ3n) is 2.75. The summed E-state index contributed by atoms with van der Waals surface area (Å²) in [5, 5.41) is 12.2. The Hall–Kier alpha value is -2.22. The summed E-state index contributed by atoms with van der Waals surface area (Å²) >= 11 is 11.8. The highest BCUT2D eigenvalue weighted by molar-refractivity contribution is 6.36. The van der Waals surface area contributed by atoms with Gasteiger partial charge in [-0.3, -0.25) is 4.79 Å². The van der Waals surface area contributed by atoms with Gasteiger partial charge in [-0.05, 0) is 30.3 Å². The lowest BCUT2D eigenvalue weighted by atomic mass is 10.1. The lowest BCUT2D eigenvalue weighted by molar-refractivity contribution is 0.102.